The second kappa shape index (κ2) is 3.93. The molecule has 0 spiro atoms. The summed E-state index contributed by atoms with van der Waals surface area (Å²) in [7, 11) is 0. The minimum absolute atomic E-state index is 0.149. The third kappa shape index (κ3) is 2.02. The van der Waals surface area contributed by atoms with Crippen LogP contribution in [-0.4, -0.2) is 51.7 Å². The summed E-state index contributed by atoms with van der Waals surface area (Å²) < 4.78 is 0. The summed E-state index contributed by atoms with van der Waals surface area (Å²) in [4.78, 5) is 23.2. The smallest absolute Gasteiger partial charge is 0.329 e. The van der Waals surface area contributed by atoms with Crippen molar-refractivity contribution in [2.45, 2.75) is 31.5 Å². The third-order valence-corrected chi connectivity index (χ3v) is 2.23. The molecule has 6 heteroatoms. The van der Waals surface area contributed by atoms with Crippen LogP contribution in [0.3, 0.4) is 0 Å². The van der Waals surface area contributed by atoms with Crippen LogP contribution in [0.5, 0.6) is 0 Å². The molecular formula is C8H14N2O4. The van der Waals surface area contributed by atoms with E-state index in [0.29, 0.717) is 0 Å². The molecule has 3 atom stereocenters. The van der Waals surface area contributed by atoms with Crippen molar-refractivity contribution in [3.8, 4) is 0 Å². The molecule has 3 unspecified atom stereocenters. The van der Waals surface area contributed by atoms with Gasteiger partial charge in [0.05, 0.1) is 6.10 Å². The Bertz CT molecular complexity index is 254. The number of rotatable bonds is 3. The summed E-state index contributed by atoms with van der Waals surface area (Å²) >= 11 is 0. The van der Waals surface area contributed by atoms with Gasteiger partial charge in [0, 0.05) is 19.0 Å². The molecule has 0 saturated carbocycles. The first-order chi connectivity index (χ1) is 6.43. The Labute approximate surface area is 81.3 Å². The average molecular weight is 202 g/mol. The quantitative estimate of drug-likeness (QED) is 0.510. The number of carboxylic acid groups (broad SMARTS) is 1. The van der Waals surface area contributed by atoms with Crippen LogP contribution in [-0.2, 0) is 9.59 Å². The molecule has 0 aromatic rings. The standard InChI is InChI=1S/C8H14N2O4/c1-4(11)7(8(13)14)10-3-5(9)2-6(10)12/h4-5,7,11H,2-3,9H2,1H3,(H,13,14). The number of nitrogens with two attached hydrogens (primary N) is 1. The monoisotopic (exact) mass is 202 g/mol. The summed E-state index contributed by atoms with van der Waals surface area (Å²) in [5.41, 5.74) is 5.52. The number of hydrogen-bond acceptors (Lipinski definition) is 4. The first-order valence-electron chi connectivity index (χ1n) is 4.39. The SMILES string of the molecule is CC(O)C(C(=O)O)N1CC(N)CC1=O. The zero-order valence-corrected chi connectivity index (χ0v) is 7.88. The molecule has 0 aromatic heterocycles. The number of aliphatic hydroxyl groups excluding tert-OH is 1. The van der Waals surface area contributed by atoms with E-state index in [-0.39, 0.29) is 24.9 Å². The van der Waals surface area contributed by atoms with Gasteiger partial charge < -0.3 is 20.8 Å². The Hall–Kier alpha value is -1.14. The van der Waals surface area contributed by atoms with E-state index in [0.717, 1.165) is 4.90 Å². The molecule has 80 valence electrons. The molecule has 0 aliphatic carbocycles. The molecule has 1 aliphatic rings. The van der Waals surface area contributed by atoms with E-state index >= 15 is 0 Å². The van der Waals surface area contributed by atoms with Gasteiger partial charge >= 0.3 is 5.97 Å². The highest BCUT2D eigenvalue weighted by Crippen LogP contribution is 2.15. The first-order valence-corrected chi connectivity index (χ1v) is 4.39. The van der Waals surface area contributed by atoms with Crippen molar-refractivity contribution in [1.82, 2.24) is 4.90 Å². The van der Waals surface area contributed by atoms with Gasteiger partial charge in [-0.2, -0.15) is 0 Å². The van der Waals surface area contributed by atoms with E-state index in [1.165, 1.54) is 6.92 Å². The number of carbonyl (C=O) groups is 2. The van der Waals surface area contributed by atoms with Crippen molar-refractivity contribution in [3.63, 3.8) is 0 Å². The molecule has 1 heterocycles. The number of amides is 1. The highest BCUT2D eigenvalue weighted by atomic mass is 16.4. The Morgan fingerprint density at radius 1 is 1.71 bits per heavy atom. The lowest BCUT2D eigenvalue weighted by Gasteiger charge is -2.26. The Balaban J connectivity index is 2.79. The minimum Gasteiger partial charge on any atom is -0.480 e. The lowest BCUT2D eigenvalue weighted by molar-refractivity contribution is -0.152. The van der Waals surface area contributed by atoms with Gasteiger partial charge in [0.15, 0.2) is 6.04 Å². The molecule has 1 aliphatic heterocycles. The summed E-state index contributed by atoms with van der Waals surface area (Å²) in [6.07, 6.45) is -0.946. The molecule has 1 rings (SSSR count). The van der Waals surface area contributed by atoms with Crippen molar-refractivity contribution in [1.29, 1.82) is 0 Å². The molecule has 6 nitrogen and oxygen atoms in total. The predicted molar refractivity (Wildman–Crippen MR) is 47.4 cm³/mol. The number of nitrogens with zero attached hydrogens (tertiary/aromatic N) is 1. The first kappa shape index (κ1) is 10.9. The summed E-state index contributed by atoms with van der Waals surface area (Å²) in [5, 5.41) is 18.0. The van der Waals surface area contributed by atoms with E-state index in [2.05, 4.69) is 0 Å². The van der Waals surface area contributed by atoms with Gasteiger partial charge in [-0.05, 0) is 6.92 Å². The van der Waals surface area contributed by atoms with E-state index in [1.807, 2.05) is 0 Å². The van der Waals surface area contributed by atoms with Gasteiger partial charge in [-0.3, -0.25) is 4.79 Å². The molecule has 1 fully saturated rings. The number of carbonyl (C=O) groups excluding carboxylic acids is 1. The second-order valence-electron chi connectivity index (χ2n) is 3.53. The lowest BCUT2D eigenvalue weighted by atomic mass is 10.1. The molecule has 14 heavy (non-hydrogen) atoms. The van der Waals surface area contributed by atoms with Gasteiger partial charge in [-0.1, -0.05) is 0 Å². The van der Waals surface area contributed by atoms with Crippen LogP contribution in [0, 0.1) is 0 Å². The van der Waals surface area contributed by atoms with Crippen LogP contribution in [0.25, 0.3) is 0 Å². The topological polar surface area (TPSA) is 104 Å². The fourth-order valence-corrected chi connectivity index (χ4v) is 1.63. The van der Waals surface area contributed by atoms with Gasteiger partial charge in [-0.15, -0.1) is 0 Å². The van der Waals surface area contributed by atoms with Crippen molar-refractivity contribution < 1.29 is 19.8 Å². The minimum atomic E-state index is -1.21. The maximum absolute atomic E-state index is 11.3. The fourth-order valence-electron chi connectivity index (χ4n) is 1.63. The van der Waals surface area contributed by atoms with Crippen molar-refractivity contribution in [2.24, 2.45) is 5.73 Å². The molecule has 0 radical (unpaired) electrons. The van der Waals surface area contributed by atoms with Crippen molar-refractivity contribution in [3.05, 3.63) is 0 Å². The third-order valence-electron chi connectivity index (χ3n) is 2.23. The van der Waals surface area contributed by atoms with Crippen LogP contribution in [0.1, 0.15) is 13.3 Å². The van der Waals surface area contributed by atoms with Crippen LogP contribution >= 0.6 is 0 Å². The van der Waals surface area contributed by atoms with Crippen LogP contribution in [0.2, 0.25) is 0 Å². The zero-order valence-electron chi connectivity index (χ0n) is 7.88. The van der Waals surface area contributed by atoms with Gasteiger partial charge in [0.25, 0.3) is 0 Å². The average Bonchev–Trinajstić information content (AvgIpc) is 2.29. The van der Waals surface area contributed by atoms with E-state index < -0.39 is 18.1 Å². The Morgan fingerprint density at radius 2 is 2.29 bits per heavy atom. The van der Waals surface area contributed by atoms with Crippen LogP contribution in [0.15, 0.2) is 0 Å². The normalized spacial score (nSPS) is 26.4. The number of aliphatic carboxylic acids is 1. The van der Waals surface area contributed by atoms with Gasteiger partial charge in [-0.25, -0.2) is 4.79 Å². The predicted octanol–water partition coefficient (Wildman–Crippen LogP) is -1.62. The number of hydrogen-bond donors (Lipinski definition) is 3. The van der Waals surface area contributed by atoms with E-state index in [1.54, 1.807) is 0 Å². The summed E-state index contributed by atoms with van der Waals surface area (Å²) in [6, 6.07) is -1.51. The van der Waals surface area contributed by atoms with Gasteiger partial charge in [0.2, 0.25) is 5.91 Å². The Morgan fingerprint density at radius 3 is 2.57 bits per heavy atom. The number of aliphatic hydroxyl groups is 1. The molecular weight excluding hydrogens is 188 g/mol. The molecule has 4 N–H and O–H groups in total. The van der Waals surface area contributed by atoms with Gasteiger partial charge in [0.1, 0.15) is 0 Å². The molecule has 1 amide bonds. The molecule has 1 saturated heterocycles. The maximum Gasteiger partial charge on any atom is 0.329 e. The highest BCUT2D eigenvalue weighted by molar-refractivity contribution is 5.86. The summed E-state index contributed by atoms with van der Waals surface area (Å²) in [6.45, 7) is 1.54. The van der Waals surface area contributed by atoms with E-state index in [4.69, 9.17) is 10.8 Å². The van der Waals surface area contributed by atoms with Crippen LogP contribution < -0.4 is 5.73 Å². The van der Waals surface area contributed by atoms with Crippen molar-refractivity contribution >= 4 is 11.9 Å². The second-order valence-corrected chi connectivity index (χ2v) is 3.53. The lowest BCUT2D eigenvalue weighted by Crippen LogP contribution is -2.49. The van der Waals surface area contributed by atoms with E-state index in [9.17, 15) is 14.7 Å². The number of likely N-dealkylation sites (tertiary alicyclic amines) is 1. The van der Waals surface area contributed by atoms with Crippen LogP contribution in [0.4, 0.5) is 0 Å². The fraction of sp³-hybridized carbons (Fsp3) is 0.750. The number of carboxylic acids is 1. The molecule has 0 aromatic carbocycles. The maximum atomic E-state index is 11.3. The van der Waals surface area contributed by atoms with Crippen molar-refractivity contribution in [2.75, 3.05) is 6.54 Å². The Kier molecular flexibility index (Phi) is 3.07. The zero-order chi connectivity index (χ0) is 10.9. The largest absolute Gasteiger partial charge is 0.480 e. The molecule has 0 bridgehead atoms. The highest BCUT2D eigenvalue weighted by Gasteiger charge is 2.38. The summed E-state index contributed by atoms with van der Waals surface area (Å²) in [5.74, 6) is -1.52.